The summed E-state index contributed by atoms with van der Waals surface area (Å²) in [5.74, 6) is 1.38. The number of nitrogens with one attached hydrogen (secondary N) is 1. The van der Waals surface area contributed by atoms with Crippen LogP contribution in [-0.4, -0.2) is 0 Å². The molecule has 0 amide bonds. The smallest absolute Gasteiger partial charge is 0.123 e. The van der Waals surface area contributed by atoms with Gasteiger partial charge in [0, 0.05) is 11.6 Å². The molecule has 0 radical (unpaired) electrons. The van der Waals surface area contributed by atoms with Crippen LogP contribution in [0.15, 0.2) is 84.9 Å². The number of benzene rings is 3. The van der Waals surface area contributed by atoms with Crippen LogP contribution in [0.2, 0.25) is 0 Å². The van der Waals surface area contributed by atoms with E-state index in [0.29, 0.717) is 12.5 Å². The zero-order valence-corrected chi connectivity index (χ0v) is 15.5. The molecule has 1 aliphatic carbocycles. The highest BCUT2D eigenvalue weighted by Gasteiger charge is 2.37. The average molecular weight is 371 g/mol. The van der Waals surface area contributed by atoms with Gasteiger partial charge < -0.3 is 10.1 Å². The van der Waals surface area contributed by atoms with E-state index >= 15 is 0 Å². The van der Waals surface area contributed by atoms with Crippen LogP contribution in [0, 0.1) is 11.7 Å². The molecule has 0 saturated carbocycles. The van der Waals surface area contributed by atoms with Gasteiger partial charge >= 0.3 is 0 Å². The van der Waals surface area contributed by atoms with Crippen LogP contribution in [0.1, 0.15) is 35.1 Å². The predicted molar refractivity (Wildman–Crippen MR) is 110 cm³/mol. The van der Waals surface area contributed by atoms with E-state index in [-0.39, 0.29) is 17.8 Å². The number of hydrogen-bond acceptors (Lipinski definition) is 2. The van der Waals surface area contributed by atoms with Gasteiger partial charge in [0.25, 0.3) is 0 Å². The first-order chi connectivity index (χ1) is 13.8. The minimum Gasteiger partial charge on any atom is -0.489 e. The van der Waals surface area contributed by atoms with E-state index in [1.54, 1.807) is 6.07 Å². The molecule has 0 aromatic heterocycles. The highest BCUT2D eigenvalue weighted by atomic mass is 19.1. The molecule has 28 heavy (non-hydrogen) atoms. The Bertz CT molecular complexity index is 997. The van der Waals surface area contributed by atoms with Gasteiger partial charge in [0.15, 0.2) is 0 Å². The Morgan fingerprint density at radius 3 is 2.61 bits per heavy atom. The van der Waals surface area contributed by atoms with Gasteiger partial charge in [-0.05, 0) is 59.4 Å². The summed E-state index contributed by atoms with van der Waals surface area (Å²) in [4.78, 5) is 0. The number of anilines is 1. The third-order valence-corrected chi connectivity index (χ3v) is 5.81. The molecule has 0 bridgehead atoms. The molecule has 1 N–H and O–H groups in total. The van der Waals surface area contributed by atoms with Crippen molar-refractivity contribution in [2.45, 2.75) is 25.0 Å². The lowest BCUT2D eigenvalue weighted by molar-refractivity contribution is 0.306. The van der Waals surface area contributed by atoms with E-state index in [0.717, 1.165) is 29.0 Å². The van der Waals surface area contributed by atoms with Gasteiger partial charge in [0.05, 0.1) is 6.04 Å². The standard InChI is InChI=1S/C25H22FNO/c26-19-11-14-24-23(15-19)21-7-4-8-22(21)25(27-24)18-9-12-20(13-10-18)28-16-17-5-2-1-3-6-17/h1-7,9-15,21-22,25,27H,8,16H2/t21-,22+,25+/m1/s1. The second kappa shape index (κ2) is 7.16. The van der Waals surface area contributed by atoms with Gasteiger partial charge in [0.1, 0.15) is 18.2 Å². The SMILES string of the molecule is Fc1ccc2c(c1)[C@@H]1C=CC[C@@H]1[C@H](c1ccc(OCc3ccccc3)cc1)N2. The Labute approximate surface area is 164 Å². The summed E-state index contributed by atoms with van der Waals surface area (Å²) in [6, 6.07) is 23.8. The maximum atomic E-state index is 13.7. The maximum absolute atomic E-state index is 13.7. The van der Waals surface area contributed by atoms with Crippen LogP contribution in [0.5, 0.6) is 5.75 Å². The number of halogens is 1. The Hall–Kier alpha value is -3.07. The molecule has 0 fully saturated rings. The van der Waals surface area contributed by atoms with Crippen molar-refractivity contribution in [3.63, 3.8) is 0 Å². The highest BCUT2D eigenvalue weighted by Crippen LogP contribution is 2.49. The molecule has 3 aromatic carbocycles. The van der Waals surface area contributed by atoms with Crippen molar-refractivity contribution in [2.24, 2.45) is 5.92 Å². The summed E-state index contributed by atoms with van der Waals surface area (Å²) in [6.45, 7) is 0.565. The quantitative estimate of drug-likeness (QED) is 0.549. The molecule has 1 aliphatic heterocycles. The highest BCUT2D eigenvalue weighted by molar-refractivity contribution is 5.59. The molecule has 140 valence electrons. The fourth-order valence-electron chi connectivity index (χ4n) is 4.41. The monoisotopic (exact) mass is 371 g/mol. The summed E-state index contributed by atoms with van der Waals surface area (Å²) >= 11 is 0. The summed E-state index contributed by atoms with van der Waals surface area (Å²) in [5, 5.41) is 3.64. The van der Waals surface area contributed by atoms with Gasteiger partial charge in [-0.2, -0.15) is 0 Å². The number of fused-ring (bicyclic) bond motifs is 3. The minimum absolute atomic E-state index is 0.169. The predicted octanol–water partition coefficient (Wildman–Crippen LogP) is 6.23. The Morgan fingerprint density at radius 2 is 1.79 bits per heavy atom. The molecule has 5 rings (SSSR count). The molecule has 3 atom stereocenters. The Kier molecular flexibility index (Phi) is 4.36. The lowest BCUT2D eigenvalue weighted by atomic mass is 9.77. The fraction of sp³-hybridized carbons (Fsp3) is 0.200. The normalized spacial score (nSPS) is 22.2. The largest absolute Gasteiger partial charge is 0.489 e. The van der Waals surface area contributed by atoms with Gasteiger partial charge in [-0.15, -0.1) is 0 Å². The molecular formula is C25H22FNO. The van der Waals surface area contributed by atoms with Crippen LogP contribution < -0.4 is 10.1 Å². The van der Waals surface area contributed by atoms with Crippen molar-refractivity contribution in [1.82, 2.24) is 0 Å². The molecule has 2 aliphatic rings. The summed E-state index contributed by atoms with van der Waals surface area (Å²) in [7, 11) is 0. The summed E-state index contributed by atoms with van der Waals surface area (Å²) in [5.41, 5.74) is 4.49. The van der Waals surface area contributed by atoms with E-state index in [9.17, 15) is 4.39 Å². The van der Waals surface area contributed by atoms with Crippen LogP contribution in [0.3, 0.4) is 0 Å². The van der Waals surface area contributed by atoms with Gasteiger partial charge in [-0.1, -0.05) is 54.6 Å². The zero-order valence-electron chi connectivity index (χ0n) is 15.5. The Morgan fingerprint density at radius 1 is 0.964 bits per heavy atom. The summed E-state index contributed by atoms with van der Waals surface area (Å²) < 4.78 is 19.7. The van der Waals surface area contributed by atoms with Gasteiger partial charge in [-0.25, -0.2) is 4.39 Å². The van der Waals surface area contributed by atoms with Crippen LogP contribution in [0.25, 0.3) is 0 Å². The first-order valence-electron chi connectivity index (χ1n) is 9.77. The number of allylic oxidation sites excluding steroid dienone is 2. The average Bonchev–Trinajstić information content (AvgIpc) is 3.23. The molecule has 1 heterocycles. The second-order valence-electron chi connectivity index (χ2n) is 7.55. The van der Waals surface area contributed by atoms with E-state index in [1.807, 2.05) is 36.4 Å². The molecule has 3 heteroatoms. The molecule has 0 spiro atoms. The third kappa shape index (κ3) is 3.18. The fourth-order valence-corrected chi connectivity index (χ4v) is 4.41. The van der Waals surface area contributed by atoms with Crippen molar-refractivity contribution in [2.75, 3.05) is 5.32 Å². The van der Waals surface area contributed by atoms with Crippen molar-refractivity contribution in [3.8, 4) is 5.75 Å². The first kappa shape index (κ1) is 17.1. The van der Waals surface area contributed by atoms with Crippen LogP contribution in [0.4, 0.5) is 10.1 Å². The lowest BCUT2D eigenvalue weighted by Crippen LogP contribution is -2.29. The Balaban J connectivity index is 1.35. The van der Waals surface area contributed by atoms with Crippen molar-refractivity contribution >= 4 is 5.69 Å². The number of hydrogen-bond donors (Lipinski definition) is 1. The molecule has 0 unspecified atom stereocenters. The van der Waals surface area contributed by atoms with E-state index in [1.165, 1.54) is 11.6 Å². The van der Waals surface area contributed by atoms with Gasteiger partial charge in [-0.3, -0.25) is 0 Å². The zero-order chi connectivity index (χ0) is 18.9. The topological polar surface area (TPSA) is 21.3 Å². The minimum atomic E-state index is -0.169. The lowest BCUT2D eigenvalue weighted by Gasteiger charge is -2.37. The third-order valence-electron chi connectivity index (χ3n) is 5.81. The van der Waals surface area contributed by atoms with E-state index in [2.05, 4.69) is 41.7 Å². The second-order valence-corrected chi connectivity index (χ2v) is 7.55. The van der Waals surface area contributed by atoms with Gasteiger partial charge in [0.2, 0.25) is 0 Å². The van der Waals surface area contributed by atoms with Crippen molar-refractivity contribution in [1.29, 1.82) is 0 Å². The molecule has 2 nitrogen and oxygen atoms in total. The van der Waals surface area contributed by atoms with Crippen LogP contribution >= 0.6 is 0 Å². The molecule has 3 aromatic rings. The first-order valence-corrected chi connectivity index (χ1v) is 9.77. The number of ether oxygens (including phenoxy) is 1. The maximum Gasteiger partial charge on any atom is 0.123 e. The molecule has 0 saturated heterocycles. The van der Waals surface area contributed by atoms with Crippen LogP contribution in [-0.2, 0) is 6.61 Å². The van der Waals surface area contributed by atoms with Crippen molar-refractivity contribution in [3.05, 3.63) is 107 Å². The summed E-state index contributed by atoms with van der Waals surface area (Å²) in [6.07, 6.45) is 5.46. The molecular weight excluding hydrogens is 349 g/mol. The van der Waals surface area contributed by atoms with E-state index in [4.69, 9.17) is 4.74 Å². The van der Waals surface area contributed by atoms with Crippen molar-refractivity contribution < 1.29 is 9.13 Å². The number of rotatable bonds is 4. The van der Waals surface area contributed by atoms with E-state index < -0.39 is 0 Å².